The van der Waals surface area contributed by atoms with Crippen LogP contribution < -0.4 is 5.32 Å². The number of amides is 2. The molecule has 122 valence electrons. The maximum atomic E-state index is 12.8. The second-order valence-electron chi connectivity index (χ2n) is 6.59. The second-order valence-corrected chi connectivity index (χ2v) is 6.59. The molecule has 1 N–H and O–H groups in total. The van der Waals surface area contributed by atoms with E-state index in [1.807, 2.05) is 18.7 Å². The summed E-state index contributed by atoms with van der Waals surface area (Å²) in [5.74, 6) is 0.546. The van der Waals surface area contributed by atoms with Gasteiger partial charge in [0.15, 0.2) is 0 Å². The van der Waals surface area contributed by atoms with Crippen molar-refractivity contribution >= 4 is 11.8 Å². The lowest BCUT2D eigenvalue weighted by Crippen LogP contribution is -2.70. The molecule has 0 bridgehead atoms. The monoisotopic (exact) mass is 296 g/mol. The Balaban J connectivity index is 2.99. The summed E-state index contributed by atoms with van der Waals surface area (Å²) in [6.07, 6.45) is 5.28. The molecule has 0 aromatic rings. The predicted molar refractivity (Wildman–Crippen MR) is 85.9 cm³/mol. The Kier molecular flexibility index (Phi) is 6.69. The number of unbranched alkanes of at least 4 members (excludes halogenated alkanes) is 2. The van der Waals surface area contributed by atoms with Crippen LogP contribution in [0, 0.1) is 5.92 Å². The van der Waals surface area contributed by atoms with Gasteiger partial charge in [-0.25, -0.2) is 0 Å². The number of carbonyl (C=O) groups excluding carboxylic acids is 2. The number of hydrogen-bond acceptors (Lipinski definition) is 2. The van der Waals surface area contributed by atoms with Gasteiger partial charge >= 0.3 is 0 Å². The van der Waals surface area contributed by atoms with Crippen molar-refractivity contribution in [1.29, 1.82) is 0 Å². The van der Waals surface area contributed by atoms with E-state index in [9.17, 15) is 9.59 Å². The van der Waals surface area contributed by atoms with Crippen molar-refractivity contribution < 1.29 is 9.59 Å². The van der Waals surface area contributed by atoms with E-state index in [0.717, 1.165) is 25.7 Å². The fourth-order valence-electron chi connectivity index (χ4n) is 3.30. The molecule has 1 aliphatic heterocycles. The highest BCUT2D eigenvalue weighted by Crippen LogP contribution is 2.30. The average Bonchev–Trinajstić information content (AvgIpc) is 2.44. The first-order valence-corrected chi connectivity index (χ1v) is 8.55. The van der Waals surface area contributed by atoms with Gasteiger partial charge in [0.25, 0.3) is 0 Å². The van der Waals surface area contributed by atoms with Crippen LogP contribution in [0.25, 0.3) is 0 Å². The Morgan fingerprint density at radius 3 is 2.24 bits per heavy atom. The normalized spacial score (nSPS) is 21.8. The van der Waals surface area contributed by atoms with Crippen molar-refractivity contribution in [2.75, 3.05) is 6.54 Å². The molecule has 1 rings (SSSR count). The number of hydrogen-bond donors (Lipinski definition) is 1. The van der Waals surface area contributed by atoms with Crippen LogP contribution in [-0.4, -0.2) is 34.8 Å². The molecule has 0 aliphatic carbocycles. The van der Waals surface area contributed by atoms with Crippen molar-refractivity contribution in [2.45, 2.75) is 84.7 Å². The number of nitrogens with one attached hydrogen (secondary N) is 1. The number of nitrogens with zero attached hydrogens (tertiary/aromatic N) is 1. The van der Waals surface area contributed by atoms with Gasteiger partial charge in [-0.3, -0.25) is 9.59 Å². The third-order valence-electron chi connectivity index (χ3n) is 4.67. The number of carbonyl (C=O) groups is 2. The van der Waals surface area contributed by atoms with Gasteiger partial charge < -0.3 is 10.2 Å². The fourth-order valence-corrected chi connectivity index (χ4v) is 3.30. The van der Waals surface area contributed by atoms with Gasteiger partial charge in [-0.2, -0.15) is 0 Å². The molecule has 1 saturated heterocycles. The van der Waals surface area contributed by atoms with Gasteiger partial charge in [-0.15, -0.1) is 0 Å². The summed E-state index contributed by atoms with van der Waals surface area (Å²) in [6.45, 7) is 11.0. The van der Waals surface area contributed by atoms with Gasteiger partial charge in [0, 0.05) is 6.54 Å². The van der Waals surface area contributed by atoms with Crippen molar-refractivity contribution in [3.63, 3.8) is 0 Å². The minimum atomic E-state index is -0.641. The van der Waals surface area contributed by atoms with E-state index in [2.05, 4.69) is 26.1 Å². The lowest BCUT2D eigenvalue weighted by molar-refractivity contribution is -0.158. The molecule has 0 radical (unpaired) electrons. The molecule has 1 atom stereocenters. The molecule has 4 heteroatoms. The van der Waals surface area contributed by atoms with Gasteiger partial charge in [0.1, 0.15) is 11.6 Å². The zero-order chi connectivity index (χ0) is 16.0. The Labute approximate surface area is 129 Å². The van der Waals surface area contributed by atoms with E-state index in [-0.39, 0.29) is 17.9 Å². The van der Waals surface area contributed by atoms with E-state index in [0.29, 0.717) is 25.3 Å². The van der Waals surface area contributed by atoms with Crippen molar-refractivity contribution in [2.24, 2.45) is 5.92 Å². The largest absolute Gasteiger partial charge is 0.342 e. The van der Waals surface area contributed by atoms with E-state index in [1.165, 1.54) is 0 Å². The molecule has 1 heterocycles. The highest BCUT2D eigenvalue weighted by atomic mass is 16.2. The summed E-state index contributed by atoms with van der Waals surface area (Å²) in [7, 11) is 0. The Bertz CT molecular complexity index is 362. The molecule has 0 aromatic carbocycles. The van der Waals surface area contributed by atoms with Gasteiger partial charge in [-0.1, -0.05) is 47.5 Å². The quantitative estimate of drug-likeness (QED) is 0.700. The first-order valence-electron chi connectivity index (χ1n) is 8.55. The van der Waals surface area contributed by atoms with E-state index in [4.69, 9.17) is 0 Å². The summed E-state index contributed by atoms with van der Waals surface area (Å²) in [5, 5.41) is 2.98. The van der Waals surface area contributed by atoms with Gasteiger partial charge in [0.05, 0.1) is 0 Å². The smallest absolute Gasteiger partial charge is 0.246 e. The fraction of sp³-hybridized carbons (Fsp3) is 0.882. The van der Waals surface area contributed by atoms with Crippen LogP contribution in [0.3, 0.4) is 0 Å². The first kappa shape index (κ1) is 18.0. The molecule has 21 heavy (non-hydrogen) atoms. The zero-order valence-corrected chi connectivity index (χ0v) is 14.4. The van der Waals surface area contributed by atoms with Crippen LogP contribution in [0.4, 0.5) is 0 Å². The molecule has 2 amide bonds. The SMILES string of the molecule is CCCCCN1C(=O)C(CC(C)C)NC(=O)C1(CC)CC. The molecular formula is C17H32N2O2. The Hall–Kier alpha value is -1.06. The van der Waals surface area contributed by atoms with Crippen molar-refractivity contribution in [3.8, 4) is 0 Å². The van der Waals surface area contributed by atoms with Crippen LogP contribution in [0.2, 0.25) is 0 Å². The maximum Gasteiger partial charge on any atom is 0.246 e. The van der Waals surface area contributed by atoms with Gasteiger partial charge in [0.2, 0.25) is 11.8 Å². The standard InChI is InChI=1S/C17H32N2O2/c1-6-9-10-11-19-15(20)14(12-13(4)5)18-16(21)17(19,7-2)8-3/h13-14H,6-12H2,1-5H3,(H,18,21). The Morgan fingerprint density at radius 2 is 1.76 bits per heavy atom. The molecule has 4 nitrogen and oxygen atoms in total. The Morgan fingerprint density at radius 1 is 1.14 bits per heavy atom. The maximum absolute atomic E-state index is 12.8. The zero-order valence-electron chi connectivity index (χ0n) is 14.4. The second kappa shape index (κ2) is 7.81. The van der Waals surface area contributed by atoms with Crippen molar-refractivity contribution in [1.82, 2.24) is 10.2 Å². The molecule has 1 unspecified atom stereocenters. The first-order chi connectivity index (χ1) is 9.92. The highest BCUT2D eigenvalue weighted by molar-refractivity contribution is 5.99. The van der Waals surface area contributed by atoms with Crippen LogP contribution in [-0.2, 0) is 9.59 Å². The molecule has 0 spiro atoms. The third kappa shape index (κ3) is 3.78. The molecule has 1 aliphatic rings. The summed E-state index contributed by atoms with van der Waals surface area (Å²) in [6, 6.07) is -0.342. The third-order valence-corrected chi connectivity index (χ3v) is 4.67. The number of piperazine rings is 1. The molecular weight excluding hydrogens is 264 g/mol. The molecule has 0 saturated carbocycles. The molecule has 0 aromatic heterocycles. The molecule has 1 fully saturated rings. The topological polar surface area (TPSA) is 49.4 Å². The minimum Gasteiger partial charge on any atom is -0.342 e. The minimum absolute atomic E-state index is 0.0363. The van der Waals surface area contributed by atoms with Crippen LogP contribution in [0.5, 0.6) is 0 Å². The van der Waals surface area contributed by atoms with E-state index >= 15 is 0 Å². The van der Waals surface area contributed by atoms with Crippen molar-refractivity contribution in [3.05, 3.63) is 0 Å². The van der Waals surface area contributed by atoms with E-state index in [1.54, 1.807) is 0 Å². The highest BCUT2D eigenvalue weighted by Gasteiger charge is 2.49. The summed E-state index contributed by atoms with van der Waals surface area (Å²) < 4.78 is 0. The van der Waals surface area contributed by atoms with Gasteiger partial charge in [-0.05, 0) is 31.6 Å². The summed E-state index contributed by atoms with van der Waals surface area (Å²) in [5.41, 5.74) is -0.641. The average molecular weight is 296 g/mol. The summed E-state index contributed by atoms with van der Waals surface area (Å²) in [4.78, 5) is 27.4. The predicted octanol–water partition coefficient (Wildman–Crippen LogP) is 3.11. The van der Waals surface area contributed by atoms with Crippen LogP contribution in [0.15, 0.2) is 0 Å². The number of rotatable bonds is 8. The van der Waals surface area contributed by atoms with Crippen LogP contribution in [0.1, 0.15) is 73.1 Å². The lowest BCUT2D eigenvalue weighted by Gasteiger charge is -2.48. The van der Waals surface area contributed by atoms with E-state index < -0.39 is 5.54 Å². The summed E-state index contributed by atoms with van der Waals surface area (Å²) >= 11 is 0. The lowest BCUT2D eigenvalue weighted by atomic mass is 9.84. The van der Waals surface area contributed by atoms with Crippen LogP contribution >= 0.6 is 0 Å².